The highest BCUT2D eigenvalue weighted by atomic mass is 79.9. The summed E-state index contributed by atoms with van der Waals surface area (Å²) in [6.45, 7) is 6.06. The Bertz CT molecular complexity index is 455. The van der Waals surface area contributed by atoms with Gasteiger partial charge in [0.2, 0.25) is 4.32 Å². The molecule has 0 N–H and O–H groups in total. The van der Waals surface area contributed by atoms with Crippen molar-refractivity contribution in [3.05, 3.63) is 34.4 Å². The van der Waals surface area contributed by atoms with Crippen LogP contribution in [0.25, 0.3) is 0 Å². The highest BCUT2D eigenvalue weighted by Gasteiger charge is 2.27. The van der Waals surface area contributed by atoms with Gasteiger partial charge in [-0.05, 0) is 37.5 Å². The molecule has 0 saturated carbocycles. The molecule has 2 nitrogen and oxygen atoms in total. The number of benzene rings is 1. The summed E-state index contributed by atoms with van der Waals surface area (Å²) >= 11 is 3.18. The molecule has 0 atom stereocenters. The number of alkyl halides is 1. The Morgan fingerprint density at radius 2 is 1.56 bits per heavy atom. The zero-order chi connectivity index (χ0) is 12.3. The van der Waals surface area contributed by atoms with Gasteiger partial charge in [-0.3, -0.25) is 0 Å². The van der Waals surface area contributed by atoms with Gasteiger partial charge in [-0.1, -0.05) is 33.6 Å². The van der Waals surface area contributed by atoms with Crippen molar-refractivity contribution in [2.24, 2.45) is 0 Å². The zero-order valence-corrected chi connectivity index (χ0v) is 11.2. The van der Waals surface area contributed by atoms with E-state index in [0.29, 0.717) is 6.42 Å². The predicted octanol–water partition coefficient (Wildman–Crippen LogP) is 3.34. The summed E-state index contributed by atoms with van der Waals surface area (Å²) in [6, 6.07) is 8.15. The van der Waals surface area contributed by atoms with Crippen molar-refractivity contribution in [2.45, 2.75) is 31.5 Å². The number of rotatable bonds is 2. The van der Waals surface area contributed by atoms with E-state index in [9.17, 15) is 0 Å². The maximum Gasteiger partial charge on any atom is 0.201 e. The Morgan fingerprint density at radius 3 is 1.94 bits per heavy atom. The van der Waals surface area contributed by atoms with Crippen molar-refractivity contribution in [3.8, 4) is 12.1 Å². The van der Waals surface area contributed by atoms with Crippen molar-refractivity contribution < 1.29 is 0 Å². The Hall–Kier alpha value is -1.32. The van der Waals surface area contributed by atoms with Gasteiger partial charge in [0, 0.05) is 6.42 Å². The van der Waals surface area contributed by atoms with Gasteiger partial charge in [-0.15, -0.1) is 0 Å². The minimum Gasteiger partial charge on any atom is -0.196 e. The molecular weight excluding hydrogens is 264 g/mol. The molecule has 0 aliphatic rings. The zero-order valence-electron chi connectivity index (χ0n) is 9.63. The van der Waals surface area contributed by atoms with Gasteiger partial charge in [0.15, 0.2) is 0 Å². The Balaban J connectivity index is 3.18. The van der Waals surface area contributed by atoms with E-state index in [1.165, 1.54) is 5.56 Å². The summed E-state index contributed by atoms with van der Waals surface area (Å²) in [5.41, 5.74) is 4.54. The SMILES string of the molecule is Cc1cc(C)c(CC(Br)(C#N)C#N)c(C)c1. The van der Waals surface area contributed by atoms with Crippen molar-refractivity contribution >= 4 is 15.9 Å². The standard InChI is InChI=1S/C13H13BrN2/c1-9-4-10(2)12(11(3)5-9)6-13(14,7-15)8-16/h4-5H,6H2,1-3H3. The van der Waals surface area contributed by atoms with E-state index < -0.39 is 4.32 Å². The molecule has 1 aromatic rings. The molecule has 0 aromatic heterocycles. The minimum absolute atomic E-state index is 0.415. The smallest absolute Gasteiger partial charge is 0.196 e. The van der Waals surface area contributed by atoms with Crippen LogP contribution in [-0.2, 0) is 6.42 Å². The average Bonchev–Trinajstić information content (AvgIpc) is 2.23. The van der Waals surface area contributed by atoms with E-state index in [-0.39, 0.29) is 0 Å². The van der Waals surface area contributed by atoms with Crippen LogP contribution >= 0.6 is 15.9 Å². The lowest BCUT2D eigenvalue weighted by atomic mass is 9.92. The molecule has 0 saturated heterocycles. The Labute approximate surface area is 105 Å². The molecule has 0 aliphatic heterocycles. The molecular formula is C13H13BrN2. The van der Waals surface area contributed by atoms with E-state index in [0.717, 1.165) is 16.7 Å². The van der Waals surface area contributed by atoms with Gasteiger partial charge in [0.25, 0.3) is 0 Å². The molecule has 0 radical (unpaired) electrons. The monoisotopic (exact) mass is 276 g/mol. The van der Waals surface area contributed by atoms with E-state index in [2.05, 4.69) is 28.1 Å². The highest BCUT2D eigenvalue weighted by molar-refractivity contribution is 9.10. The number of halogens is 1. The maximum absolute atomic E-state index is 8.96. The lowest BCUT2D eigenvalue weighted by molar-refractivity contribution is 0.886. The predicted molar refractivity (Wildman–Crippen MR) is 67.2 cm³/mol. The molecule has 82 valence electrons. The summed E-state index contributed by atoms with van der Waals surface area (Å²) in [7, 11) is 0. The van der Waals surface area contributed by atoms with Gasteiger partial charge in [-0.2, -0.15) is 10.5 Å². The van der Waals surface area contributed by atoms with Crippen LogP contribution in [0.4, 0.5) is 0 Å². The van der Waals surface area contributed by atoms with Crippen LogP contribution in [-0.4, -0.2) is 4.32 Å². The Morgan fingerprint density at radius 1 is 1.12 bits per heavy atom. The molecule has 0 spiro atoms. The number of aryl methyl sites for hydroxylation is 3. The molecule has 0 heterocycles. The third-order valence-corrected chi connectivity index (χ3v) is 3.25. The third-order valence-electron chi connectivity index (χ3n) is 2.62. The lowest BCUT2D eigenvalue weighted by Crippen LogP contribution is -2.20. The number of nitrogens with zero attached hydrogens (tertiary/aromatic N) is 2. The minimum atomic E-state index is -1.11. The molecule has 1 aromatic carbocycles. The first-order valence-corrected chi connectivity index (χ1v) is 5.79. The summed E-state index contributed by atoms with van der Waals surface area (Å²) < 4.78 is -1.11. The first kappa shape index (κ1) is 12.7. The van der Waals surface area contributed by atoms with Crippen LogP contribution in [0.1, 0.15) is 22.3 Å². The topological polar surface area (TPSA) is 47.6 Å². The summed E-state index contributed by atoms with van der Waals surface area (Å²) in [4.78, 5) is 0. The van der Waals surface area contributed by atoms with E-state index in [1.807, 2.05) is 32.9 Å². The molecule has 0 aliphatic carbocycles. The van der Waals surface area contributed by atoms with Crippen LogP contribution in [0.5, 0.6) is 0 Å². The van der Waals surface area contributed by atoms with Crippen molar-refractivity contribution in [1.82, 2.24) is 0 Å². The fourth-order valence-corrected chi connectivity index (χ4v) is 2.12. The number of nitriles is 2. The van der Waals surface area contributed by atoms with Gasteiger partial charge >= 0.3 is 0 Å². The maximum atomic E-state index is 8.96. The van der Waals surface area contributed by atoms with Crippen LogP contribution in [0, 0.1) is 43.4 Å². The lowest BCUT2D eigenvalue weighted by Gasteiger charge is -2.15. The second-order valence-electron chi connectivity index (χ2n) is 4.08. The van der Waals surface area contributed by atoms with Crippen LogP contribution in [0.3, 0.4) is 0 Å². The second-order valence-corrected chi connectivity index (χ2v) is 5.43. The number of hydrogen-bond acceptors (Lipinski definition) is 2. The van der Waals surface area contributed by atoms with Crippen molar-refractivity contribution in [1.29, 1.82) is 10.5 Å². The van der Waals surface area contributed by atoms with Gasteiger partial charge < -0.3 is 0 Å². The van der Waals surface area contributed by atoms with Crippen LogP contribution in [0.2, 0.25) is 0 Å². The third kappa shape index (κ3) is 2.62. The second kappa shape index (κ2) is 4.68. The van der Waals surface area contributed by atoms with E-state index in [4.69, 9.17) is 10.5 Å². The van der Waals surface area contributed by atoms with E-state index >= 15 is 0 Å². The van der Waals surface area contributed by atoms with Gasteiger partial charge in [0.1, 0.15) is 0 Å². The largest absolute Gasteiger partial charge is 0.201 e. The Kier molecular flexibility index (Phi) is 3.73. The fourth-order valence-electron chi connectivity index (χ4n) is 1.84. The quantitative estimate of drug-likeness (QED) is 0.778. The molecule has 0 bridgehead atoms. The molecule has 16 heavy (non-hydrogen) atoms. The normalized spacial score (nSPS) is 10.6. The molecule has 1 rings (SSSR count). The van der Waals surface area contributed by atoms with Crippen molar-refractivity contribution in [3.63, 3.8) is 0 Å². The fraction of sp³-hybridized carbons (Fsp3) is 0.385. The molecule has 0 unspecified atom stereocenters. The molecule has 0 amide bonds. The summed E-state index contributed by atoms with van der Waals surface area (Å²) in [5, 5.41) is 17.9. The average molecular weight is 277 g/mol. The summed E-state index contributed by atoms with van der Waals surface area (Å²) in [5.74, 6) is 0. The summed E-state index contributed by atoms with van der Waals surface area (Å²) in [6.07, 6.45) is 0.415. The van der Waals surface area contributed by atoms with Gasteiger partial charge in [0.05, 0.1) is 12.1 Å². The van der Waals surface area contributed by atoms with Gasteiger partial charge in [-0.25, -0.2) is 0 Å². The first-order valence-electron chi connectivity index (χ1n) is 5.00. The van der Waals surface area contributed by atoms with Crippen molar-refractivity contribution in [2.75, 3.05) is 0 Å². The van der Waals surface area contributed by atoms with E-state index in [1.54, 1.807) is 0 Å². The molecule has 0 fully saturated rings. The molecule has 3 heteroatoms. The first-order chi connectivity index (χ1) is 7.41. The number of hydrogen-bond donors (Lipinski definition) is 0. The highest BCUT2D eigenvalue weighted by Crippen LogP contribution is 2.26. The van der Waals surface area contributed by atoms with Crippen LogP contribution < -0.4 is 0 Å². The van der Waals surface area contributed by atoms with Crippen LogP contribution in [0.15, 0.2) is 12.1 Å².